The third-order valence-electron chi connectivity index (χ3n) is 8.28. The van der Waals surface area contributed by atoms with Gasteiger partial charge in [-0.2, -0.15) is 0 Å². The highest BCUT2D eigenvalue weighted by atomic mass is 32.2. The molecule has 3 atom stereocenters. The molecule has 4 aromatic carbocycles. The van der Waals surface area contributed by atoms with E-state index in [1.165, 1.54) is 19.1 Å². The number of nitrogens with one attached hydrogen (secondary N) is 1. The van der Waals surface area contributed by atoms with Gasteiger partial charge in [-0.15, -0.1) is 0 Å². The van der Waals surface area contributed by atoms with E-state index in [1.807, 2.05) is 54.6 Å². The molecular weight excluding hydrogens is 635 g/mol. The fourth-order valence-corrected chi connectivity index (χ4v) is 6.49. The quantitative estimate of drug-likeness (QED) is 0.0853. The van der Waals surface area contributed by atoms with Gasteiger partial charge in [0.1, 0.15) is 30.0 Å². The lowest BCUT2D eigenvalue weighted by Gasteiger charge is -2.48. The van der Waals surface area contributed by atoms with Crippen LogP contribution in [0, 0.1) is 11.7 Å². The number of aryl methyl sites for hydroxylation is 1. The predicted octanol–water partition coefficient (Wildman–Crippen LogP) is 6.38. The van der Waals surface area contributed by atoms with Crippen LogP contribution in [0.4, 0.5) is 10.1 Å². The molecular formula is C37H39FN2O7S. The lowest BCUT2D eigenvalue weighted by molar-refractivity contribution is -0.147. The fourth-order valence-electron chi connectivity index (χ4n) is 5.98. The summed E-state index contributed by atoms with van der Waals surface area (Å²) in [5, 5.41) is 10.4. The SMILES string of the molecule is CC(=O)O[C@@H](CC[C@H]1C(=O)N(c2ccc(CCCNS(C)(=O)=O)cc2)[C@@H]1c1ccc(O)cc1OCc1ccccc1)c1ccc(F)cc1. The fraction of sp³-hybridized carbons (Fsp3) is 0.297. The molecule has 11 heteroatoms. The van der Waals surface area contributed by atoms with Gasteiger partial charge in [0, 0.05) is 30.8 Å². The smallest absolute Gasteiger partial charge is 0.303 e. The summed E-state index contributed by atoms with van der Waals surface area (Å²) >= 11 is 0. The van der Waals surface area contributed by atoms with Gasteiger partial charge in [-0.3, -0.25) is 9.59 Å². The average Bonchev–Trinajstić information content (AvgIpc) is 3.05. The number of phenols is 1. The van der Waals surface area contributed by atoms with Crippen molar-refractivity contribution >= 4 is 27.6 Å². The third-order valence-corrected chi connectivity index (χ3v) is 9.01. The zero-order chi connectivity index (χ0) is 34.3. The second kappa shape index (κ2) is 15.4. The number of sulfonamides is 1. The maximum Gasteiger partial charge on any atom is 0.303 e. The summed E-state index contributed by atoms with van der Waals surface area (Å²) in [4.78, 5) is 27.6. The van der Waals surface area contributed by atoms with Crippen molar-refractivity contribution in [2.24, 2.45) is 5.92 Å². The molecule has 0 bridgehead atoms. The summed E-state index contributed by atoms with van der Waals surface area (Å²) in [6, 6.07) is 27.4. The highest BCUT2D eigenvalue weighted by Gasteiger charge is 2.49. The molecule has 1 saturated heterocycles. The number of amides is 1. The van der Waals surface area contributed by atoms with Gasteiger partial charge < -0.3 is 19.5 Å². The van der Waals surface area contributed by atoms with E-state index in [1.54, 1.807) is 35.2 Å². The van der Waals surface area contributed by atoms with Crippen molar-refractivity contribution in [2.45, 2.75) is 51.4 Å². The minimum Gasteiger partial charge on any atom is -0.508 e. The molecule has 252 valence electrons. The van der Waals surface area contributed by atoms with Gasteiger partial charge in [0.05, 0.1) is 18.2 Å². The Morgan fingerprint density at radius 3 is 2.35 bits per heavy atom. The molecule has 0 spiro atoms. The molecule has 0 unspecified atom stereocenters. The van der Waals surface area contributed by atoms with Gasteiger partial charge in [0.2, 0.25) is 15.9 Å². The Balaban J connectivity index is 1.41. The molecule has 4 aromatic rings. The number of phenolic OH excluding ortho intramolecular Hbond substituents is 1. The average molecular weight is 675 g/mol. The van der Waals surface area contributed by atoms with Crippen molar-refractivity contribution in [1.29, 1.82) is 0 Å². The molecule has 1 aliphatic heterocycles. The van der Waals surface area contributed by atoms with E-state index < -0.39 is 39.9 Å². The topological polar surface area (TPSA) is 122 Å². The second-order valence-corrected chi connectivity index (χ2v) is 13.8. The van der Waals surface area contributed by atoms with Crippen LogP contribution < -0.4 is 14.4 Å². The first-order valence-electron chi connectivity index (χ1n) is 15.8. The number of carbonyl (C=O) groups is 2. The van der Waals surface area contributed by atoms with Crippen molar-refractivity contribution in [3.63, 3.8) is 0 Å². The monoisotopic (exact) mass is 674 g/mol. The summed E-state index contributed by atoms with van der Waals surface area (Å²) in [5.74, 6) is -1.04. The second-order valence-electron chi connectivity index (χ2n) is 11.9. The van der Waals surface area contributed by atoms with Crippen LogP contribution in [-0.4, -0.2) is 38.2 Å². The molecule has 0 aromatic heterocycles. The Labute approximate surface area is 280 Å². The number of nitrogens with zero attached hydrogens (tertiary/aromatic N) is 1. The molecule has 0 aliphatic carbocycles. The lowest BCUT2D eigenvalue weighted by atomic mass is 9.77. The number of esters is 1. The summed E-state index contributed by atoms with van der Waals surface area (Å²) < 4.78 is 50.7. The first kappa shape index (κ1) is 34.6. The Bertz CT molecular complexity index is 1820. The molecule has 1 fully saturated rings. The van der Waals surface area contributed by atoms with Crippen molar-refractivity contribution in [3.8, 4) is 11.5 Å². The summed E-state index contributed by atoms with van der Waals surface area (Å²) in [7, 11) is -3.26. The van der Waals surface area contributed by atoms with E-state index in [4.69, 9.17) is 9.47 Å². The van der Waals surface area contributed by atoms with Crippen LogP contribution in [-0.2, 0) is 37.4 Å². The highest BCUT2D eigenvalue weighted by Crippen LogP contribution is 2.49. The predicted molar refractivity (Wildman–Crippen MR) is 180 cm³/mol. The number of hydrogen-bond acceptors (Lipinski definition) is 7. The Kier molecular flexibility index (Phi) is 11.1. The van der Waals surface area contributed by atoms with E-state index >= 15 is 0 Å². The number of aromatic hydroxyl groups is 1. The van der Waals surface area contributed by atoms with Crippen LogP contribution in [0.15, 0.2) is 97.1 Å². The van der Waals surface area contributed by atoms with Gasteiger partial charge in [-0.25, -0.2) is 17.5 Å². The number of β-lactam (4-membered cyclic amide) rings is 1. The normalized spacial score (nSPS) is 16.6. The van der Waals surface area contributed by atoms with Crippen LogP contribution in [0.5, 0.6) is 11.5 Å². The number of benzene rings is 4. The number of anilines is 1. The van der Waals surface area contributed by atoms with E-state index in [9.17, 15) is 27.5 Å². The van der Waals surface area contributed by atoms with E-state index in [0.717, 1.165) is 22.9 Å². The van der Waals surface area contributed by atoms with Crippen molar-refractivity contribution < 1.29 is 37.0 Å². The van der Waals surface area contributed by atoms with Gasteiger partial charge >= 0.3 is 5.97 Å². The van der Waals surface area contributed by atoms with E-state index in [0.29, 0.717) is 49.2 Å². The summed E-state index contributed by atoms with van der Waals surface area (Å²) in [6.07, 6.45) is 2.41. The molecule has 1 amide bonds. The lowest BCUT2D eigenvalue weighted by Crippen LogP contribution is -2.55. The highest BCUT2D eigenvalue weighted by molar-refractivity contribution is 7.88. The largest absolute Gasteiger partial charge is 0.508 e. The van der Waals surface area contributed by atoms with Crippen molar-refractivity contribution in [2.75, 3.05) is 17.7 Å². The Morgan fingerprint density at radius 1 is 0.979 bits per heavy atom. The number of rotatable bonds is 15. The molecule has 1 aliphatic rings. The molecule has 9 nitrogen and oxygen atoms in total. The van der Waals surface area contributed by atoms with Crippen LogP contribution >= 0.6 is 0 Å². The zero-order valence-corrected chi connectivity index (χ0v) is 27.7. The molecule has 5 rings (SSSR count). The summed E-state index contributed by atoms with van der Waals surface area (Å²) in [6.45, 7) is 1.90. The van der Waals surface area contributed by atoms with Gasteiger partial charge in [-0.05, 0) is 78.8 Å². The van der Waals surface area contributed by atoms with Gasteiger partial charge in [0.25, 0.3) is 0 Å². The minimum absolute atomic E-state index is 0.0245. The van der Waals surface area contributed by atoms with Crippen LogP contribution in [0.2, 0.25) is 0 Å². The summed E-state index contributed by atoms with van der Waals surface area (Å²) in [5.41, 5.74) is 3.96. The van der Waals surface area contributed by atoms with Crippen LogP contribution in [0.3, 0.4) is 0 Å². The molecule has 0 saturated carbocycles. The first-order valence-corrected chi connectivity index (χ1v) is 17.7. The third kappa shape index (κ3) is 8.99. The number of hydrogen-bond donors (Lipinski definition) is 2. The van der Waals surface area contributed by atoms with Crippen LogP contribution in [0.1, 0.15) is 60.6 Å². The first-order chi connectivity index (χ1) is 23.0. The van der Waals surface area contributed by atoms with Crippen molar-refractivity contribution in [3.05, 3.63) is 125 Å². The molecule has 0 radical (unpaired) electrons. The van der Waals surface area contributed by atoms with E-state index in [2.05, 4.69) is 4.72 Å². The van der Waals surface area contributed by atoms with Gasteiger partial charge in [-0.1, -0.05) is 54.6 Å². The van der Waals surface area contributed by atoms with Gasteiger partial charge in [0.15, 0.2) is 0 Å². The maximum absolute atomic E-state index is 13.9. The van der Waals surface area contributed by atoms with Crippen molar-refractivity contribution in [1.82, 2.24) is 4.72 Å². The maximum atomic E-state index is 13.9. The standard InChI is InChI=1S/C37H39FN2O7S/c1-25(41)47-34(28-12-14-29(38)15-13-28)21-20-33-36(32-19-18-31(42)23-35(32)46-24-27-7-4-3-5-8-27)40(37(33)43)30-16-10-26(11-17-30)9-6-22-39-48(2,44)45/h3-5,7-8,10-19,23,33-34,36,39,42H,6,9,20-22,24H2,1-2H3/t33-,34+,36-/m1/s1. The zero-order valence-electron chi connectivity index (χ0n) is 26.8. The minimum atomic E-state index is -3.26. The molecule has 1 heterocycles. The Morgan fingerprint density at radius 2 is 1.69 bits per heavy atom. The number of ether oxygens (including phenoxy) is 2. The van der Waals surface area contributed by atoms with E-state index in [-0.39, 0.29) is 18.3 Å². The molecule has 2 N–H and O–H groups in total. The Hall–Kier alpha value is -4.74. The number of carbonyl (C=O) groups excluding carboxylic acids is 2. The molecule has 48 heavy (non-hydrogen) atoms. The number of halogens is 1. The van der Waals surface area contributed by atoms with Crippen LogP contribution in [0.25, 0.3) is 0 Å².